The van der Waals surface area contributed by atoms with Crippen molar-refractivity contribution >= 4 is 11.9 Å². The number of benzene rings is 2. The number of para-hydroxylation sites is 2. The Morgan fingerprint density at radius 3 is 1.22 bits per heavy atom. The van der Waals surface area contributed by atoms with Crippen LogP contribution in [0, 0.1) is 0 Å². The Morgan fingerprint density at radius 1 is 0.783 bits per heavy atom. The first-order chi connectivity index (χ1) is 10.8. The molecule has 2 aromatic rings. The minimum absolute atomic E-state index is 0.178. The number of phenols is 2. The summed E-state index contributed by atoms with van der Waals surface area (Å²) in [6.07, 6.45) is 0. The fraction of sp³-hybridized carbons (Fsp3) is 0. The van der Waals surface area contributed by atoms with Crippen molar-refractivity contribution in [2.24, 2.45) is 0 Å². The maximum absolute atomic E-state index is 10.2. The Bertz CT molecular complexity index is 595. The fourth-order valence-corrected chi connectivity index (χ4v) is 1.29. The minimum atomic E-state index is -2.50. The molecule has 0 amide bonds. The van der Waals surface area contributed by atoms with Gasteiger partial charge in [-0.25, -0.2) is 0 Å². The summed E-state index contributed by atoms with van der Waals surface area (Å²) < 4.78 is 19.5. The Morgan fingerprint density at radius 2 is 1.04 bits per heavy atom. The molecule has 0 bridgehead atoms. The Balaban J connectivity index is 0.000000360. The van der Waals surface area contributed by atoms with E-state index in [1.54, 1.807) is 12.1 Å². The number of aromatic hydroxyl groups is 2. The van der Waals surface area contributed by atoms with E-state index < -0.39 is 32.2 Å². The third-order valence-electron chi connectivity index (χ3n) is 2.25. The summed E-state index contributed by atoms with van der Waals surface area (Å²) >= 11 is -2.50. The summed E-state index contributed by atoms with van der Waals surface area (Å²) in [4.78, 5) is 20.3. The molecular formula is C14H10F2O6Ti. The van der Waals surface area contributed by atoms with Gasteiger partial charge in [0.2, 0.25) is 0 Å². The fourth-order valence-electron chi connectivity index (χ4n) is 1.29. The topological polar surface area (TPSA) is 121 Å². The Labute approximate surface area is 139 Å². The number of rotatable bonds is 2. The molecule has 0 unspecified atom stereocenters. The van der Waals surface area contributed by atoms with Gasteiger partial charge >= 0.3 is 26.4 Å². The number of carboxylic acids is 2. The van der Waals surface area contributed by atoms with E-state index in [1.807, 2.05) is 0 Å². The summed E-state index contributed by atoms with van der Waals surface area (Å²) in [5, 5.41) is 38.0. The molecule has 2 aromatic carbocycles. The van der Waals surface area contributed by atoms with Crippen molar-refractivity contribution in [1.82, 2.24) is 0 Å². The molecule has 2 rings (SSSR count). The van der Waals surface area contributed by atoms with Crippen LogP contribution in [-0.4, -0.2) is 22.2 Å². The Kier molecular flexibility index (Phi) is 9.98. The molecule has 0 radical (unpaired) electrons. The van der Waals surface area contributed by atoms with E-state index in [1.165, 1.54) is 36.4 Å². The van der Waals surface area contributed by atoms with Crippen LogP contribution in [0.15, 0.2) is 48.5 Å². The molecule has 6 nitrogen and oxygen atoms in total. The van der Waals surface area contributed by atoms with E-state index in [-0.39, 0.29) is 22.6 Å². The normalized spacial score (nSPS) is 8.43. The molecule has 23 heavy (non-hydrogen) atoms. The van der Waals surface area contributed by atoms with Gasteiger partial charge in [0, 0.05) is 11.1 Å². The Hall–Kier alpha value is -2.45. The van der Waals surface area contributed by atoms with Crippen molar-refractivity contribution in [3.05, 3.63) is 59.7 Å². The summed E-state index contributed by atoms with van der Waals surface area (Å²) in [5.74, 6) is -3.25. The number of halogens is 2. The van der Waals surface area contributed by atoms with Gasteiger partial charge in [0.15, 0.2) is 0 Å². The van der Waals surface area contributed by atoms with Crippen LogP contribution in [0.5, 0.6) is 11.5 Å². The van der Waals surface area contributed by atoms with E-state index in [9.17, 15) is 26.0 Å². The second kappa shape index (κ2) is 11.2. The van der Waals surface area contributed by atoms with Gasteiger partial charge in [0.25, 0.3) is 0 Å². The number of hydrogen-bond donors (Lipinski definition) is 2. The molecule has 120 valence electrons. The van der Waals surface area contributed by atoms with Gasteiger partial charge in [0.1, 0.15) is 11.5 Å². The standard InChI is InChI=1S/2C7H6O3.2FH.Ti/c2*8-6-4-2-1-3-5(6)7(9)10;;;/h2*1-4,8H,(H,9,10);2*1H;/q;;;;+4/p-4. The molecule has 0 aliphatic carbocycles. The number of carbonyl (C=O) groups is 2. The average Bonchev–Trinajstić information content (AvgIpc) is 2.49. The maximum atomic E-state index is 10.2. The van der Waals surface area contributed by atoms with Crippen molar-refractivity contribution in [2.45, 2.75) is 0 Å². The quantitative estimate of drug-likeness (QED) is 0.746. The molecule has 0 atom stereocenters. The monoisotopic (exact) mass is 360 g/mol. The molecule has 0 aliphatic rings. The van der Waals surface area contributed by atoms with Crippen molar-refractivity contribution in [2.75, 3.05) is 0 Å². The first-order valence-corrected chi connectivity index (χ1v) is 6.98. The third-order valence-corrected chi connectivity index (χ3v) is 2.25. The van der Waals surface area contributed by atoms with E-state index >= 15 is 0 Å². The van der Waals surface area contributed by atoms with Crippen LogP contribution in [0.4, 0.5) is 6.18 Å². The number of carboxylic acid groups (broad SMARTS) is 2. The SMILES string of the molecule is O=C([O-])c1ccccc1O.O=C([O-])c1ccccc1O.[F][Ti+2][F]. The molecule has 0 aromatic heterocycles. The zero-order chi connectivity index (χ0) is 17.8. The molecule has 2 N–H and O–H groups in total. The van der Waals surface area contributed by atoms with Crippen LogP contribution in [0.1, 0.15) is 20.7 Å². The van der Waals surface area contributed by atoms with Crippen molar-refractivity contribution < 1.29 is 56.4 Å². The van der Waals surface area contributed by atoms with Crippen molar-refractivity contribution in [3.63, 3.8) is 0 Å². The average molecular weight is 360 g/mol. The van der Waals surface area contributed by atoms with Crippen LogP contribution in [-0.2, 0) is 20.2 Å². The molecule has 9 heteroatoms. The molecule has 0 saturated carbocycles. The van der Waals surface area contributed by atoms with Gasteiger partial charge in [-0.3, -0.25) is 0 Å². The molecule has 0 saturated heterocycles. The summed E-state index contributed by atoms with van der Waals surface area (Å²) in [5.41, 5.74) is -0.356. The molecule has 0 aliphatic heterocycles. The van der Waals surface area contributed by atoms with E-state index in [0.717, 1.165) is 0 Å². The predicted octanol–water partition coefficient (Wildman–Crippen LogP) is 0.349. The van der Waals surface area contributed by atoms with Crippen LogP contribution < -0.4 is 10.2 Å². The van der Waals surface area contributed by atoms with Crippen molar-refractivity contribution in [3.8, 4) is 11.5 Å². The second-order valence-corrected chi connectivity index (χ2v) is 3.90. The van der Waals surface area contributed by atoms with E-state index in [0.29, 0.717) is 0 Å². The van der Waals surface area contributed by atoms with Gasteiger partial charge in [0.05, 0.1) is 11.9 Å². The summed E-state index contributed by atoms with van der Waals surface area (Å²) in [7, 11) is 0. The zero-order valence-corrected chi connectivity index (χ0v) is 13.0. The first-order valence-electron chi connectivity index (χ1n) is 5.80. The van der Waals surface area contributed by atoms with E-state index in [2.05, 4.69) is 0 Å². The van der Waals surface area contributed by atoms with Crippen LogP contribution in [0.2, 0.25) is 0 Å². The predicted molar refractivity (Wildman–Crippen MR) is 67.1 cm³/mol. The first kappa shape index (κ1) is 20.6. The summed E-state index contributed by atoms with van der Waals surface area (Å²) in [6, 6.07) is 11.3. The van der Waals surface area contributed by atoms with Gasteiger partial charge in [-0.05, 0) is 24.3 Å². The number of hydrogen-bond acceptors (Lipinski definition) is 6. The van der Waals surface area contributed by atoms with E-state index in [4.69, 9.17) is 10.2 Å². The van der Waals surface area contributed by atoms with Gasteiger partial charge in [-0.1, -0.05) is 24.3 Å². The third kappa shape index (κ3) is 7.94. The van der Waals surface area contributed by atoms with Gasteiger partial charge < -0.3 is 30.0 Å². The van der Waals surface area contributed by atoms with Crippen molar-refractivity contribution in [1.29, 1.82) is 0 Å². The van der Waals surface area contributed by atoms with Gasteiger partial charge in [-0.2, -0.15) is 0 Å². The van der Waals surface area contributed by atoms with Gasteiger partial charge in [-0.15, -0.1) is 0 Å². The summed E-state index contributed by atoms with van der Waals surface area (Å²) in [6.45, 7) is 0. The zero-order valence-electron chi connectivity index (χ0n) is 11.4. The van der Waals surface area contributed by atoms with Crippen LogP contribution >= 0.6 is 0 Å². The molecule has 0 spiro atoms. The number of aromatic carboxylic acids is 2. The molecular weight excluding hydrogens is 350 g/mol. The second-order valence-electron chi connectivity index (χ2n) is 3.68. The van der Waals surface area contributed by atoms with Crippen LogP contribution in [0.25, 0.3) is 0 Å². The molecule has 0 fully saturated rings. The molecule has 0 heterocycles. The number of carbonyl (C=O) groups excluding carboxylic acids is 2. The van der Waals surface area contributed by atoms with Crippen LogP contribution in [0.3, 0.4) is 0 Å².